The Labute approximate surface area is 108 Å². The van der Waals surface area contributed by atoms with E-state index < -0.39 is 12.2 Å². The van der Waals surface area contributed by atoms with Crippen LogP contribution < -0.4 is 0 Å². The van der Waals surface area contributed by atoms with E-state index in [-0.39, 0.29) is 17.1 Å². The fourth-order valence-electron chi connectivity index (χ4n) is 1.52. The van der Waals surface area contributed by atoms with Gasteiger partial charge in [0, 0.05) is 5.33 Å². The van der Waals surface area contributed by atoms with Crippen LogP contribution in [0.4, 0.5) is 0 Å². The molecule has 1 rings (SSSR count). The Morgan fingerprint density at radius 2 is 2.06 bits per heavy atom. The molecule has 0 aliphatic heterocycles. The number of Topliss-reactive ketones (excluding diaryl/α,β-unsaturated/α-hetero) is 1. The minimum atomic E-state index is -1.07. The van der Waals surface area contributed by atoms with Crippen LogP contribution in [-0.4, -0.2) is 32.5 Å². The first kappa shape index (κ1) is 14.2. The maximum atomic E-state index is 11.1. The van der Waals surface area contributed by atoms with Crippen molar-refractivity contribution < 1.29 is 20.1 Å². The summed E-state index contributed by atoms with van der Waals surface area (Å²) in [5.74, 6) is -0.426. The second kappa shape index (κ2) is 6.14. The Kier molecular flexibility index (Phi) is 5.11. The molecule has 2 unspecified atom stereocenters. The summed E-state index contributed by atoms with van der Waals surface area (Å²) in [6.45, 7) is 1.35. The van der Waals surface area contributed by atoms with Crippen molar-refractivity contribution in [3.8, 4) is 5.75 Å². The van der Waals surface area contributed by atoms with Crippen molar-refractivity contribution in [3.05, 3.63) is 29.3 Å². The maximum absolute atomic E-state index is 11.1. The number of aliphatic hydroxyl groups excluding tert-OH is 2. The Morgan fingerprint density at radius 1 is 1.41 bits per heavy atom. The standard InChI is InChI=1S/C12H15BrO4/c1-7(14)9-3-2-8(6-11(9)16)12(17)10(15)4-5-13/h2-3,6,10,12,15-17H,4-5H2,1H3. The molecular weight excluding hydrogens is 288 g/mol. The van der Waals surface area contributed by atoms with Crippen LogP contribution in [0.1, 0.15) is 35.4 Å². The van der Waals surface area contributed by atoms with E-state index in [9.17, 15) is 20.1 Å². The van der Waals surface area contributed by atoms with E-state index in [2.05, 4.69) is 15.9 Å². The first-order chi connectivity index (χ1) is 7.97. The molecule has 0 heterocycles. The summed E-state index contributed by atoms with van der Waals surface area (Å²) in [7, 11) is 0. The summed E-state index contributed by atoms with van der Waals surface area (Å²) in [6, 6.07) is 4.27. The molecule has 94 valence electrons. The first-order valence-electron chi connectivity index (χ1n) is 5.23. The molecule has 3 N–H and O–H groups in total. The summed E-state index contributed by atoms with van der Waals surface area (Å²) in [5, 5.41) is 29.6. The van der Waals surface area contributed by atoms with Gasteiger partial charge < -0.3 is 15.3 Å². The quantitative estimate of drug-likeness (QED) is 0.572. The van der Waals surface area contributed by atoms with E-state index in [0.29, 0.717) is 17.3 Å². The molecule has 2 atom stereocenters. The van der Waals surface area contributed by atoms with Crippen LogP contribution in [-0.2, 0) is 0 Å². The smallest absolute Gasteiger partial charge is 0.163 e. The van der Waals surface area contributed by atoms with Crippen LogP contribution in [0.3, 0.4) is 0 Å². The zero-order valence-electron chi connectivity index (χ0n) is 9.43. The summed E-state index contributed by atoms with van der Waals surface area (Å²) >= 11 is 3.17. The highest BCUT2D eigenvalue weighted by Gasteiger charge is 2.19. The molecule has 0 aliphatic rings. The third kappa shape index (κ3) is 3.52. The van der Waals surface area contributed by atoms with Crippen molar-refractivity contribution >= 4 is 21.7 Å². The SMILES string of the molecule is CC(=O)c1ccc(C(O)C(O)CCBr)cc1O. The average molecular weight is 303 g/mol. The predicted octanol–water partition coefficient (Wildman–Crippen LogP) is 1.77. The van der Waals surface area contributed by atoms with Gasteiger partial charge in [-0.15, -0.1) is 0 Å². The number of rotatable bonds is 5. The summed E-state index contributed by atoms with van der Waals surface area (Å²) in [6.07, 6.45) is -1.58. The van der Waals surface area contributed by atoms with Gasteiger partial charge in [0.05, 0.1) is 11.7 Å². The zero-order valence-corrected chi connectivity index (χ0v) is 11.0. The number of alkyl halides is 1. The van der Waals surface area contributed by atoms with Gasteiger partial charge in [0.2, 0.25) is 0 Å². The highest BCUT2D eigenvalue weighted by Crippen LogP contribution is 2.26. The van der Waals surface area contributed by atoms with Gasteiger partial charge in [-0.05, 0) is 31.0 Å². The minimum absolute atomic E-state index is 0.180. The molecule has 0 fully saturated rings. The third-order valence-electron chi connectivity index (χ3n) is 2.51. The highest BCUT2D eigenvalue weighted by atomic mass is 79.9. The second-order valence-electron chi connectivity index (χ2n) is 3.82. The van der Waals surface area contributed by atoms with E-state index in [1.807, 2.05) is 0 Å². The Balaban J connectivity index is 2.93. The summed E-state index contributed by atoms with van der Waals surface area (Å²) in [5.41, 5.74) is 0.594. The molecule has 0 radical (unpaired) electrons. The number of aliphatic hydroxyl groups is 2. The molecule has 1 aromatic rings. The predicted molar refractivity (Wildman–Crippen MR) is 67.5 cm³/mol. The van der Waals surface area contributed by atoms with Crippen LogP contribution in [0.5, 0.6) is 5.75 Å². The number of hydrogen-bond acceptors (Lipinski definition) is 4. The van der Waals surface area contributed by atoms with E-state index in [1.54, 1.807) is 0 Å². The zero-order chi connectivity index (χ0) is 13.0. The van der Waals surface area contributed by atoms with Crippen LogP contribution in [0.15, 0.2) is 18.2 Å². The van der Waals surface area contributed by atoms with E-state index in [0.717, 1.165) is 0 Å². The number of phenolic OH excluding ortho intramolecular Hbond substituents is 1. The first-order valence-corrected chi connectivity index (χ1v) is 6.35. The molecule has 0 aliphatic carbocycles. The number of halogens is 1. The van der Waals surface area contributed by atoms with Gasteiger partial charge >= 0.3 is 0 Å². The van der Waals surface area contributed by atoms with Crippen LogP contribution in [0, 0.1) is 0 Å². The molecule has 1 aromatic carbocycles. The van der Waals surface area contributed by atoms with E-state index in [4.69, 9.17) is 0 Å². The van der Waals surface area contributed by atoms with Gasteiger partial charge in [0.25, 0.3) is 0 Å². The van der Waals surface area contributed by atoms with Gasteiger partial charge in [-0.25, -0.2) is 0 Å². The number of ketones is 1. The third-order valence-corrected chi connectivity index (χ3v) is 2.97. The average Bonchev–Trinajstić information content (AvgIpc) is 2.27. The van der Waals surface area contributed by atoms with Gasteiger partial charge in [0.15, 0.2) is 5.78 Å². The Morgan fingerprint density at radius 3 is 2.53 bits per heavy atom. The summed E-state index contributed by atoms with van der Waals surface area (Å²) in [4.78, 5) is 11.1. The number of carbonyl (C=O) groups excluding carboxylic acids is 1. The van der Waals surface area contributed by atoms with Crippen LogP contribution in [0.2, 0.25) is 0 Å². The number of carbonyl (C=O) groups is 1. The van der Waals surface area contributed by atoms with Crippen LogP contribution >= 0.6 is 15.9 Å². The molecule has 0 saturated heterocycles. The topological polar surface area (TPSA) is 77.8 Å². The molecule has 0 aromatic heterocycles. The molecule has 17 heavy (non-hydrogen) atoms. The van der Waals surface area contributed by atoms with Crippen molar-refractivity contribution in [2.45, 2.75) is 25.6 Å². The highest BCUT2D eigenvalue weighted by molar-refractivity contribution is 9.09. The lowest BCUT2D eigenvalue weighted by molar-refractivity contribution is 0.0172. The molecule has 0 saturated carbocycles. The Bertz CT molecular complexity index is 405. The van der Waals surface area contributed by atoms with Crippen molar-refractivity contribution in [3.63, 3.8) is 0 Å². The number of hydrogen-bond donors (Lipinski definition) is 3. The number of benzene rings is 1. The van der Waals surface area contributed by atoms with Gasteiger partial charge in [-0.2, -0.15) is 0 Å². The van der Waals surface area contributed by atoms with Crippen molar-refractivity contribution in [2.24, 2.45) is 0 Å². The second-order valence-corrected chi connectivity index (χ2v) is 4.62. The molecule has 0 amide bonds. The fraction of sp³-hybridized carbons (Fsp3) is 0.417. The molecule has 0 spiro atoms. The lowest BCUT2D eigenvalue weighted by Gasteiger charge is -2.17. The lowest BCUT2D eigenvalue weighted by Crippen LogP contribution is -2.18. The normalized spacial score (nSPS) is 14.4. The largest absolute Gasteiger partial charge is 0.507 e. The van der Waals surface area contributed by atoms with E-state index in [1.165, 1.54) is 25.1 Å². The lowest BCUT2D eigenvalue weighted by atomic mass is 9.99. The van der Waals surface area contributed by atoms with E-state index >= 15 is 0 Å². The van der Waals surface area contributed by atoms with Crippen molar-refractivity contribution in [2.75, 3.05) is 5.33 Å². The van der Waals surface area contributed by atoms with Gasteiger partial charge in [-0.3, -0.25) is 4.79 Å². The number of phenols is 1. The maximum Gasteiger partial charge on any atom is 0.163 e. The Hall–Kier alpha value is -0.910. The van der Waals surface area contributed by atoms with Crippen molar-refractivity contribution in [1.82, 2.24) is 0 Å². The summed E-state index contributed by atoms with van der Waals surface area (Å²) < 4.78 is 0. The van der Waals surface area contributed by atoms with Gasteiger partial charge in [0.1, 0.15) is 11.9 Å². The van der Waals surface area contributed by atoms with Crippen molar-refractivity contribution in [1.29, 1.82) is 0 Å². The van der Waals surface area contributed by atoms with Gasteiger partial charge in [-0.1, -0.05) is 22.0 Å². The minimum Gasteiger partial charge on any atom is -0.507 e. The molecule has 5 heteroatoms. The monoisotopic (exact) mass is 302 g/mol. The molecule has 4 nitrogen and oxygen atoms in total. The molecular formula is C12H15BrO4. The fourth-order valence-corrected chi connectivity index (χ4v) is 1.99. The van der Waals surface area contributed by atoms with Crippen LogP contribution in [0.25, 0.3) is 0 Å². The molecule has 0 bridgehead atoms. The number of aromatic hydroxyl groups is 1.